The Morgan fingerprint density at radius 2 is 1.90 bits per heavy atom. The third-order valence-electron chi connectivity index (χ3n) is 3.67. The number of hydrogen-bond acceptors (Lipinski definition) is 4. The van der Waals surface area contributed by atoms with Crippen molar-refractivity contribution in [2.45, 2.75) is 32.1 Å². The van der Waals surface area contributed by atoms with Gasteiger partial charge in [0.05, 0.1) is 18.7 Å². The number of ether oxygens (including phenoxy) is 2. The van der Waals surface area contributed by atoms with Gasteiger partial charge < -0.3 is 14.8 Å². The summed E-state index contributed by atoms with van der Waals surface area (Å²) < 4.78 is 10.2. The predicted octanol–water partition coefficient (Wildman–Crippen LogP) is 2.76. The van der Waals surface area contributed by atoms with Crippen LogP contribution in [0.25, 0.3) is 0 Å². The van der Waals surface area contributed by atoms with Gasteiger partial charge in [-0.2, -0.15) is 0 Å². The summed E-state index contributed by atoms with van der Waals surface area (Å²) >= 11 is 0. The van der Waals surface area contributed by atoms with Crippen LogP contribution in [0.1, 0.15) is 32.1 Å². The number of rotatable bonds is 5. The Bertz CT molecular complexity index is 495. The fourth-order valence-electron chi connectivity index (χ4n) is 2.53. The van der Waals surface area contributed by atoms with Gasteiger partial charge in [0.2, 0.25) is 0 Å². The average molecular weight is 291 g/mol. The van der Waals surface area contributed by atoms with Crippen molar-refractivity contribution in [1.82, 2.24) is 0 Å². The topological polar surface area (TPSA) is 64.6 Å². The molecule has 0 saturated heterocycles. The normalized spacial score (nSPS) is 15.3. The molecule has 2 rings (SSSR count). The number of para-hydroxylation sites is 2. The zero-order valence-electron chi connectivity index (χ0n) is 12.3. The van der Waals surface area contributed by atoms with E-state index in [4.69, 9.17) is 9.47 Å². The van der Waals surface area contributed by atoms with Crippen LogP contribution in [0.2, 0.25) is 0 Å². The molecule has 0 bridgehead atoms. The zero-order valence-corrected chi connectivity index (χ0v) is 12.3. The molecule has 0 atom stereocenters. The Balaban J connectivity index is 1.80. The standard InChI is InChI=1S/C16H21NO4/c1-20-14-10-6-5-9-13(14)17-15(18)11-21-16(19)12-7-3-2-4-8-12/h5-6,9-10,12H,2-4,7-8,11H2,1H3,(H,17,18). The first kappa shape index (κ1) is 15.4. The maximum atomic E-state index is 11.9. The van der Waals surface area contributed by atoms with Gasteiger partial charge in [-0.25, -0.2) is 0 Å². The summed E-state index contributed by atoms with van der Waals surface area (Å²) in [7, 11) is 1.54. The van der Waals surface area contributed by atoms with E-state index in [0.29, 0.717) is 11.4 Å². The minimum atomic E-state index is -0.358. The second kappa shape index (κ2) is 7.67. The van der Waals surface area contributed by atoms with Crippen LogP contribution >= 0.6 is 0 Å². The van der Waals surface area contributed by atoms with Crippen LogP contribution in [0.3, 0.4) is 0 Å². The van der Waals surface area contributed by atoms with E-state index in [0.717, 1.165) is 25.7 Å². The lowest BCUT2D eigenvalue weighted by Crippen LogP contribution is -2.26. The van der Waals surface area contributed by atoms with E-state index in [9.17, 15) is 9.59 Å². The van der Waals surface area contributed by atoms with Crippen LogP contribution in [-0.4, -0.2) is 25.6 Å². The van der Waals surface area contributed by atoms with E-state index in [1.165, 1.54) is 13.5 Å². The minimum absolute atomic E-state index is 0.0437. The maximum absolute atomic E-state index is 11.9. The molecule has 0 aliphatic heterocycles. The molecular weight excluding hydrogens is 270 g/mol. The SMILES string of the molecule is COc1ccccc1NC(=O)COC(=O)C1CCCCC1. The van der Waals surface area contributed by atoms with Gasteiger partial charge in [0.15, 0.2) is 6.61 Å². The largest absolute Gasteiger partial charge is 0.495 e. The van der Waals surface area contributed by atoms with Crippen molar-refractivity contribution >= 4 is 17.6 Å². The van der Waals surface area contributed by atoms with Crippen molar-refractivity contribution in [2.75, 3.05) is 19.0 Å². The molecular formula is C16H21NO4. The van der Waals surface area contributed by atoms with E-state index in [1.54, 1.807) is 18.2 Å². The molecule has 1 aliphatic carbocycles. The summed E-state index contributed by atoms with van der Waals surface area (Å²) in [5.41, 5.74) is 0.568. The van der Waals surface area contributed by atoms with Crippen molar-refractivity contribution in [3.05, 3.63) is 24.3 Å². The summed E-state index contributed by atoms with van der Waals surface area (Å²) in [6, 6.07) is 7.10. The molecule has 114 valence electrons. The molecule has 1 aromatic carbocycles. The first-order valence-electron chi connectivity index (χ1n) is 7.30. The lowest BCUT2D eigenvalue weighted by atomic mass is 9.89. The van der Waals surface area contributed by atoms with Gasteiger partial charge in [0.25, 0.3) is 5.91 Å². The van der Waals surface area contributed by atoms with Crippen LogP contribution < -0.4 is 10.1 Å². The number of benzene rings is 1. The predicted molar refractivity (Wildman–Crippen MR) is 79.2 cm³/mol. The number of esters is 1. The Morgan fingerprint density at radius 1 is 1.19 bits per heavy atom. The molecule has 0 spiro atoms. The number of methoxy groups -OCH3 is 1. The Kier molecular flexibility index (Phi) is 5.60. The highest BCUT2D eigenvalue weighted by Crippen LogP contribution is 2.25. The minimum Gasteiger partial charge on any atom is -0.495 e. The number of carbonyl (C=O) groups is 2. The van der Waals surface area contributed by atoms with E-state index < -0.39 is 0 Å². The summed E-state index contributed by atoms with van der Waals surface area (Å²) in [4.78, 5) is 23.7. The molecule has 5 heteroatoms. The van der Waals surface area contributed by atoms with Crippen LogP contribution in [0.5, 0.6) is 5.75 Å². The van der Waals surface area contributed by atoms with E-state index in [-0.39, 0.29) is 24.4 Å². The molecule has 0 heterocycles. The maximum Gasteiger partial charge on any atom is 0.309 e. The van der Waals surface area contributed by atoms with Crippen LogP contribution in [0.15, 0.2) is 24.3 Å². The van der Waals surface area contributed by atoms with E-state index in [1.807, 2.05) is 6.07 Å². The van der Waals surface area contributed by atoms with Crippen molar-refractivity contribution in [1.29, 1.82) is 0 Å². The lowest BCUT2D eigenvalue weighted by Gasteiger charge is -2.19. The average Bonchev–Trinajstić information content (AvgIpc) is 2.54. The first-order chi connectivity index (χ1) is 10.2. The molecule has 1 aliphatic rings. The van der Waals surface area contributed by atoms with E-state index in [2.05, 4.69) is 5.32 Å². The van der Waals surface area contributed by atoms with Gasteiger partial charge in [-0.3, -0.25) is 9.59 Å². The highest BCUT2D eigenvalue weighted by molar-refractivity contribution is 5.94. The molecule has 1 saturated carbocycles. The first-order valence-corrected chi connectivity index (χ1v) is 7.30. The number of nitrogens with one attached hydrogen (secondary N) is 1. The third kappa shape index (κ3) is 4.48. The van der Waals surface area contributed by atoms with Gasteiger partial charge in [-0.05, 0) is 25.0 Å². The van der Waals surface area contributed by atoms with Gasteiger partial charge in [0.1, 0.15) is 5.75 Å². The van der Waals surface area contributed by atoms with Gasteiger partial charge in [-0.15, -0.1) is 0 Å². The summed E-state index contributed by atoms with van der Waals surface area (Å²) in [6.07, 6.45) is 5.04. The van der Waals surface area contributed by atoms with Crippen molar-refractivity contribution in [3.8, 4) is 5.75 Å². The second-order valence-corrected chi connectivity index (χ2v) is 5.19. The van der Waals surface area contributed by atoms with Gasteiger partial charge in [-0.1, -0.05) is 31.4 Å². The monoisotopic (exact) mass is 291 g/mol. The van der Waals surface area contributed by atoms with Gasteiger partial charge in [0, 0.05) is 0 Å². The molecule has 5 nitrogen and oxygen atoms in total. The van der Waals surface area contributed by atoms with Crippen LogP contribution in [-0.2, 0) is 14.3 Å². The quantitative estimate of drug-likeness (QED) is 0.847. The summed E-state index contributed by atoms with van der Waals surface area (Å²) in [5.74, 6) is -0.0872. The third-order valence-corrected chi connectivity index (χ3v) is 3.67. The van der Waals surface area contributed by atoms with Crippen molar-refractivity contribution in [3.63, 3.8) is 0 Å². The number of carbonyl (C=O) groups excluding carboxylic acids is 2. The Morgan fingerprint density at radius 3 is 2.62 bits per heavy atom. The Labute approximate surface area is 124 Å². The second-order valence-electron chi connectivity index (χ2n) is 5.19. The zero-order chi connectivity index (χ0) is 15.1. The molecule has 0 unspecified atom stereocenters. The molecule has 1 N–H and O–H groups in total. The highest BCUT2D eigenvalue weighted by atomic mass is 16.5. The number of anilines is 1. The molecule has 0 radical (unpaired) electrons. The van der Waals surface area contributed by atoms with E-state index >= 15 is 0 Å². The number of amides is 1. The molecule has 1 aromatic rings. The van der Waals surface area contributed by atoms with Crippen LogP contribution in [0, 0.1) is 5.92 Å². The smallest absolute Gasteiger partial charge is 0.309 e. The summed E-state index contributed by atoms with van der Waals surface area (Å²) in [5, 5.41) is 2.68. The molecule has 21 heavy (non-hydrogen) atoms. The fraction of sp³-hybridized carbons (Fsp3) is 0.500. The molecule has 1 fully saturated rings. The van der Waals surface area contributed by atoms with Gasteiger partial charge >= 0.3 is 5.97 Å². The van der Waals surface area contributed by atoms with Crippen molar-refractivity contribution in [2.24, 2.45) is 5.92 Å². The molecule has 0 aromatic heterocycles. The van der Waals surface area contributed by atoms with Crippen molar-refractivity contribution < 1.29 is 19.1 Å². The Hall–Kier alpha value is -2.04. The highest BCUT2D eigenvalue weighted by Gasteiger charge is 2.23. The molecule has 1 amide bonds. The van der Waals surface area contributed by atoms with Crippen LogP contribution in [0.4, 0.5) is 5.69 Å². The summed E-state index contributed by atoms with van der Waals surface area (Å²) in [6.45, 7) is -0.257. The number of hydrogen-bond donors (Lipinski definition) is 1. The fourth-order valence-corrected chi connectivity index (χ4v) is 2.53. The lowest BCUT2D eigenvalue weighted by molar-refractivity contribution is -0.152.